The van der Waals surface area contributed by atoms with Crippen molar-refractivity contribution in [1.82, 2.24) is 4.72 Å². The van der Waals surface area contributed by atoms with Crippen LogP contribution in [0.3, 0.4) is 0 Å². The molecule has 9 nitrogen and oxygen atoms in total. The van der Waals surface area contributed by atoms with Gasteiger partial charge in [0.05, 0.1) is 21.4 Å². The second kappa shape index (κ2) is 10.6. The Bertz CT molecular complexity index is 1390. The predicted molar refractivity (Wildman–Crippen MR) is 123 cm³/mol. The van der Waals surface area contributed by atoms with E-state index in [0.717, 1.165) is 12.3 Å². The fourth-order valence-corrected chi connectivity index (χ4v) is 6.33. The Morgan fingerprint density at radius 3 is 2.11 bits per heavy atom. The molecule has 1 saturated carbocycles. The van der Waals surface area contributed by atoms with Gasteiger partial charge in [0.25, 0.3) is 5.91 Å². The predicted octanol–water partition coefficient (Wildman–Crippen LogP) is 3.78. The molecular formula is C21H20ClF3N2O7S2. The highest BCUT2D eigenvalue weighted by Gasteiger charge is 2.35. The summed E-state index contributed by atoms with van der Waals surface area (Å²) < 4.78 is 95.3. The zero-order valence-corrected chi connectivity index (χ0v) is 20.9. The summed E-state index contributed by atoms with van der Waals surface area (Å²) in [6.07, 6.45) is -0.651. The third-order valence-electron chi connectivity index (χ3n) is 5.34. The van der Waals surface area contributed by atoms with Crippen molar-refractivity contribution in [1.29, 1.82) is 0 Å². The van der Waals surface area contributed by atoms with Crippen LogP contribution in [0.4, 0.5) is 23.7 Å². The number of ether oxygens (including phenoxy) is 1. The number of nitrogens with one attached hydrogen (secondary N) is 2. The number of carbonyl (C=O) groups excluding carboxylic acids is 2. The molecule has 0 radical (unpaired) electrons. The van der Waals surface area contributed by atoms with Crippen molar-refractivity contribution in [3.05, 3.63) is 58.4 Å². The van der Waals surface area contributed by atoms with E-state index in [1.54, 1.807) is 4.72 Å². The number of anilines is 1. The first kappa shape index (κ1) is 27.7. The van der Waals surface area contributed by atoms with Crippen LogP contribution in [0.5, 0.6) is 0 Å². The summed E-state index contributed by atoms with van der Waals surface area (Å²) in [5.41, 5.74) is -0.563. The third kappa shape index (κ3) is 6.68. The average molecular weight is 569 g/mol. The lowest BCUT2D eigenvalue weighted by atomic mass is 9.97. The number of sulfone groups is 1. The summed E-state index contributed by atoms with van der Waals surface area (Å²) in [6.45, 7) is 0. The molecule has 2 aromatic carbocycles. The van der Waals surface area contributed by atoms with Gasteiger partial charge in [-0.3, -0.25) is 4.79 Å². The Balaban J connectivity index is 1.73. The number of benzene rings is 2. The molecule has 1 aliphatic carbocycles. The first-order valence-corrected chi connectivity index (χ1v) is 14.2. The van der Waals surface area contributed by atoms with Crippen molar-refractivity contribution >= 4 is 49.1 Å². The minimum absolute atomic E-state index is 0.0695. The molecule has 0 spiro atoms. The average Bonchev–Trinajstić information content (AvgIpc) is 2.76. The zero-order valence-electron chi connectivity index (χ0n) is 18.6. The van der Waals surface area contributed by atoms with Crippen LogP contribution in [0.25, 0.3) is 0 Å². The van der Waals surface area contributed by atoms with Gasteiger partial charge in [-0.1, -0.05) is 11.6 Å². The Labute approximate surface area is 209 Å². The smallest absolute Gasteiger partial charge is 0.421 e. The van der Waals surface area contributed by atoms with E-state index < -0.39 is 60.7 Å². The molecule has 1 aliphatic rings. The zero-order chi connectivity index (χ0) is 26.8. The molecule has 0 unspecified atom stereocenters. The van der Waals surface area contributed by atoms with Gasteiger partial charge < -0.3 is 10.1 Å². The summed E-state index contributed by atoms with van der Waals surface area (Å²) in [7, 11) is -7.86. The molecule has 0 heterocycles. The maximum Gasteiger partial charge on any atom is 0.421 e. The summed E-state index contributed by atoms with van der Waals surface area (Å²) in [4.78, 5) is 23.8. The van der Waals surface area contributed by atoms with Gasteiger partial charge in [-0.25, -0.2) is 39.5 Å². The van der Waals surface area contributed by atoms with Gasteiger partial charge >= 0.3 is 6.09 Å². The lowest BCUT2D eigenvalue weighted by Crippen LogP contribution is -2.36. The Morgan fingerprint density at radius 2 is 1.56 bits per heavy atom. The standard InChI is InChI=1S/C21H20ClF3N2O7S2/c1-35(30,31)27-21(29)34-13-3-5-14(6-4-13)36(32,33)18-8-11(2-7-15(18)22)20(28)26-12-9-16(23)19(25)17(24)10-12/h2,7-10,13-14H,3-6H2,1H3,(H,26,28)(H,27,29). The van der Waals surface area contributed by atoms with Crippen LogP contribution in [-0.4, -0.2) is 46.4 Å². The fourth-order valence-electron chi connectivity index (χ4n) is 3.66. The molecule has 0 aromatic heterocycles. The molecule has 3 rings (SSSR count). The normalized spacial score (nSPS) is 18.4. The lowest BCUT2D eigenvalue weighted by Gasteiger charge is -2.28. The van der Waals surface area contributed by atoms with Crippen molar-refractivity contribution in [2.45, 2.75) is 41.9 Å². The number of hydrogen-bond acceptors (Lipinski definition) is 7. The van der Waals surface area contributed by atoms with Crippen LogP contribution in [-0.2, 0) is 24.6 Å². The Hall–Kier alpha value is -2.84. The molecule has 1 fully saturated rings. The first-order chi connectivity index (χ1) is 16.7. The Kier molecular flexibility index (Phi) is 8.20. The second-order valence-corrected chi connectivity index (χ2v) is 12.4. The van der Waals surface area contributed by atoms with Crippen LogP contribution in [0.15, 0.2) is 35.2 Å². The molecule has 0 saturated heterocycles. The highest BCUT2D eigenvalue weighted by atomic mass is 35.5. The van der Waals surface area contributed by atoms with Gasteiger partial charge in [0, 0.05) is 23.4 Å². The van der Waals surface area contributed by atoms with Gasteiger partial charge in [0.1, 0.15) is 6.10 Å². The number of carbonyl (C=O) groups is 2. The van der Waals surface area contributed by atoms with E-state index in [1.807, 2.05) is 0 Å². The molecule has 2 amide bonds. The van der Waals surface area contributed by atoms with Crippen molar-refractivity contribution in [2.24, 2.45) is 0 Å². The Morgan fingerprint density at radius 1 is 0.972 bits per heavy atom. The molecule has 0 bridgehead atoms. The quantitative estimate of drug-likeness (QED) is 0.506. The third-order valence-corrected chi connectivity index (χ3v) is 8.62. The van der Waals surface area contributed by atoms with E-state index >= 15 is 0 Å². The first-order valence-electron chi connectivity index (χ1n) is 10.3. The molecule has 15 heteroatoms. The van der Waals surface area contributed by atoms with Gasteiger partial charge in [0.2, 0.25) is 10.0 Å². The van der Waals surface area contributed by atoms with Crippen LogP contribution in [0, 0.1) is 17.5 Å². The molecule has 0 aliphatic heterocycles. The number of hydrogen-bond donors (Lipinski definition) is 2. The van der Waals surface area contributed by atoms with E-state index in [4.69, 9.17) is 16.3 Å². The molecule has 196 valence electrons. The number of rotatable bonds is 6. The minimum atomic E-state index is -4.05. The maximum atomic E-state index is 13.4. The number of sulfonamides is 1. The minimum Gasteiger partial charge on any atom is -0.446 e. The van der Waals surface area contributed by atoms with Crippen LogP contribution < -0.4 is 10.0 Å². The largest absolute Gasteiger partial charge is 0.446 e. The van der Waals surface area contributed by atoms with Gasteiger partial charge in [0.15, 0.2) is 27.3 Å². The van der Waals surface area contributed by atoms with E-state index in [1.165, 1.54) is 12.1 Å². The van der Waals surface area contributed by atoms with Gasteiger partial charge in [-0.2, -0.15) is 0 Å². The fraction of sp³-hybridized carbons (Fsp3) is 0.333. The van der Waals surface area contributed by atoms with Crippen LogP contribution >= 0.6 is 11.6 Å². The lowest BCUT2D eigenvalue weighted by molar-refractivity contribution is 0.0804. The van der Waals surface area contributed by atoms with Crippen LogP contribution in [0.1, 0.15) is 36.0 Å². The van der Waals surface area contributed by atoms with Crippen molar-refractivity contribution < 1.29 is 44.3 Å². The number of halogens is 4. The summed E-state index contributed by atoms with van der Waals surface area (Å²) in [5, 5.41) is 1.08. The van der Waals surface area contributed by atoms with Crippen LogP contribution in [0.2, 0.25) is 5.02 Å². The summed E-state index contributed by atoms with van der Waals surface area (Å²) in [5.74, 6) is -5.65. The number of amides is 2. The highest BCUT2D eigenvalue weighted by molar-refractivity contribution is 7.92. The molecule has 2 aromatic rings. The van der Waals surface area contributed by atoms with E-state index in [-0.39, 0.29) is 46.9 Å². The molecule has 2 N–H and O–H groups in total. The SMILES string of the molecule is CS(=O)(=O)NC(=O)OC1CCC(S(=O)(=O)c2cc(C(=O)Nc3cc(F)c(F)c(F)c3)ccc2Cl)CC1. The highest BCUT2D eigenvalue weighted by Crippen LogP contribution is 2.34. The van der Waals surface area contributed by atoms with E-state index in [9.17, 15) is 39.6 Å². The second-order valence-electron chi connectivity index (χ2n) is 8.08. The van der Waals surface area contributed by atoms with Crippen molar-refractivity contribution in [3.8, 4) is 0 Å². The monoisotopic (exact) mass is 568 g/mol. The van der Waals surface area contributed by atoms with Crippen molar-refractivity contribution in [2.75, 3.05) is 11.6 Å². The maximum absolute atomic E-state index is 13.4. The van der Waals surface area contributed by atoms with Gasteiger partial charge in [-0.05, 0) is 43.9 Å². The van der Waals surface area contributed by atoms with E-state index in [2.05, 4.69) is 5.32 Å². The van der Waals surface area contributed by atoms with Gasteiger partial charge in [-0.15, -0.1) is 0 Å². The van der Waals surface area contributed by atoms with E-state index in [0.29, 0.717) is 12.1 Å². The van der Waals surface area contributed by atoms with Crippen molar-refractivity contribution in [3.63, 3.8) is 0 Å². The molecule has 0 atom stereocenters. The molecular weight excluding hydrogens is 549 g/mol. The molecule has 36 heavy (non-hydrogen) atoms. The summed E-state index contributed by atoms with van der Waals surface area (Å²) in [6, 6.07) is 4.55. The summed E-state index contributed by atoms with van der Waals surface area (Å²) >= 11 is 6.10. The topological polar surface area (TPSA) is 136 Å².